The summed E-state index contributed by atoms with van der Waals surface area (Å²) in [6.45, 7) is 4.21. The third kappa shape index (κ3) is 3.85. The summed E-state index contributed by atoms with van der Waals surface area (Å²) in [4.78, 5) is 30.2. The summed E-state index contributed by atoms with van der Waals surface area (Å²) in [5, 5.41) is 4.12. The van der Waals surface area contributed by atoms with E-state index in [0.717, 1.165) is 31.5 Å². The van der Waals surface area contributed by atoms with Gasteiger partial charge in [0.05, 0.1) is 0 Å². The molecule has 1 aliphatic rings. The van der Waals surface area contributed by atoms with Gasteiger partial charge in [-0.05, 0) is 37.3 Å². The van der Waals surface area contributed by atoms with Crippen LogP contribution in [0.4, 0.5) is 0 Å². The van der Waals surface area contributed by atoms with Gasteiger partial charge in [-0.15, -0.1) is 0 Å². The molecule has 1 fully saturated rings. The summed E-state index contributed by atoms with van der Waals surface area (Å²) in [7, 11) is 0. The van der Waals surface area contributed by atoms with Crippen molar-refractivity contribution in [1.29, 1.82) is 0 Å². The summed E-state index contributed by atoms with van der Waals surface area (Å²) >= 11 is 0. The Labute approximate surface area is 134 Å². The van der Waals surface area contributed by atoms with Gasteiger partial charge in [-0.3, -0.25) is 14.3 Å². The Morgan fingerprint density at radius 3 is 3.04 bits per heavy atom. The van der Waals surface area contributed by atoms with E-state index in [1.54, 1.807) is 18.6 Å². The maximum absolute atomic E-state index is 12.5. The highest BCUT2D eigenvalue weighted by Crippen LogP contribution is 2.18. The molecule has 0 radical (unpaired) electrons. The van der Waals surface area contributed by atoms with Crippen molar-refractivity contribution in [2.75, 3.05) is 13.1 Å². The van der Waals surface area contributed by atoms with Crippen LogP contribution in [0.15, 0.2) is 35.8 Å². The molecular weight excluding hydrogens is 294 g/mol. The summed E-state index contributed by atoms with van der Waals surface area (Å²) in [6.07, 6.45) is 6.97. The number of rotatable bonds is 4. The number of hydrogen-bond acceptors (Lipinski definition) is 4. The van der Waals surface area contributed by atoms with Gasteiger partial charge in [0.15, 0.2) is 0 Å². The first-order valence-electron chi connectivity index (χ1n) is 7.89. The minimum absolute atomic E-state index is 0.000701. The summed E-state index contributed by atoms with van der Waals surface area (Å²) < 4.78 is 3.28. The number of carbonyl (C=O) groups excluding carboxylic acids is 1. The number of carbonyl (C=O) groups is 1. The summed E-state index contributed by atoms with van der Waals surface area (Å²) in [5.41, 5.74) is 0.777. The predicted molar refractivity (Wildman–Crippen MR) is 84.8 cm³/mol. The zero-order valence-corrected chi connectivity index (χ0v) is 13.3. The average molecular weight is 315 g/mol. The number of piperidine rings is 1. The van der Waals surface area contributed by atoms with E-state index in [4.69, 9.17) is 0 Å². The highest BCUT2D eigenvalue weighted by molar-refractivity contribution is 5.76. The van der Waals surface area contributed by atoms with Gasteiger partial charge in [0.25, 0.3) is 5.56 Å². The van der Waals surface area contributed by atoms with Crippen molar-refractivity contribution in [2.45, 2.75) is 32.9 Å². The normalized spacial score (nSPS) is 18.1. The van der Waals surface area contributed by atoms with Crippen LogP contribution in [-0.4, -0.2) is 43.2 Å². The van der Waals surface area contributed by atoms with Gasteiger partial charge in [0.2, 0.25) is 5.91 Å². The fraction of sp³-hybridized carbons (Fsp3) is 0.500. The molecule has 1 amide bonds. The van der Waals surface area contributed by atoms with E-state index in [1.807, 2.05) is 22.6 Å². The minimum atomic E-state index is -0.130. The Hall–Kier alpha value is -2.44. The van der Waals surface area contributed by atoms with Crippen molar-refractivity contribution < 1.29 is 4.79 Å². The van der Waals surface area contributed by atoms with Crippen LogP contribution in [0.2, 0.25) is 0 Å². The maximum atomic E-state index is 12.5. The molecule has 0 aromatic carbocycles. The van der Waals surface area contributed by atoms with E-state index in [2.05, 4.69) is 10.1 Å². The van der Waals surface area contributed by atoms with E-state index in [9.17, 15) is 9.59 Å². The molecule has 0 unspecified atom stereocenters. The van der Waals surface area contributed by atoms with Crippen molar-refractivity contribution in [1.82, 2.24) is 24.2 Å². The Morgan fingerprint density at radius 1 is 1.43 bits per heavy atom. The number of hydrogen-bond donors (Lipinski definition) is 0. The zero-order chi connectivity index (χ0) is 16.2. The number of pyridine rings is 1. The summed E-state index contributed by atoms with van der Waals surface area (Å²) in [6, 6.07) is 3.40. The molecule has 1 aliphatic heterocycles. The van der Waals surface area contributed by atoms with Gasteiger partial charge in [-0.25, -0.2) is 4.98 Å². The van der Waals surface area contributed by atoms with Crippen LogP contribution in [0.3, 0.4) is 0 Å². The first-order valence-corrected chi connectivity index (χ1v) is 7.89. The highest BCUT2D eigenvalue weighted by atomic mass is 16.2. The van der Waals surface area contributed by atoms with Crippen LogP contribution in [0, 0.1) is 12.8 Å². The molecule has 7 nitrogen and oxygen atoms in total. The van der Waals surface area contributed by atoms with Crippen LogP contribution in [0.25, 0.3) is 0 Å². The van der Waals surface area contributed by atoms with Gasteiger partial charge in [-0.2, -0.15) is 5.10 Å². The Balaban J connectivity index is 1.61. The molecule has 0 aliphatic carbocycles. The van der Waals surface area contributed by atoms with E-state index >= 15 is 0 Å². The van der Waals surface area contributed by atoms with Crippen LogP contribution in [0.5, 0.6) is 0 Å². The highest BCUT2D eigenvalue weighted by Gasteiger charge is 2.24. The van der Waals surface area contributed by atoms with Crippen molar-refractivity contribution in [2.24, 2.45) is 5.92 Å². The largest absolute Gasteiger partial charge is 0.341 e. The lowest BCUT2D eigenvalue weighted by Gasteiger charge is -2.32. The van der Waals surface area contributed by atoms with Crippen molar-refractivity contribution >= 4 is 5.91 Å². The van der Waals surface area contributed by atoms with Gasteiger partial charge >= 0.3 is 0 Å². The van der Waals surface area contributed by atoms with E-state index in [-0.39, 0.29) is 18.0 Å². The molecule has 0 N–H and O–H groups in total. The molecule has 3 heterocycles. The number of aryl methyl sites for hydroxylation is 1. The second-order valence-electron chi connectivity index (χ2n) is 6.14. The first kappa shape index (κ1) is 15.5. The predicted octanol–water partition coefficient (Wildman–Crippen LogP) is 0.687. The molecule has 23 heavy (non-hydrogen) atoms. The molecule has 122 valence electrons. The number of nitrogens with zero attached hydrogens (tertiary/aromatic N) is 5. The van der Waals surface area contributed by atoms with Crippen LogP contribution in [0.1, 0.15) is 18.4 Å². The van der Waals surface area contributed by atoms with Gasteiger partial charge in [0, 0.05) is 31.9 Å². The van der Waals surface area contributed by atoms with Gasteiger partial charge in [0.1, 0.15) is 19.2 Å². The second-order valence-corrected chi connectivity index (χ2v) is 6.14. The van der Waals surface area contributed by atoms with Crippen LogP contribution >= 0.6 is 0 Å². The smallest absolute Gasteiger partial charge is 0.251 e. The van der Waals surface area contributed by atoms with E-state index in [1.165, 1.54) is 10.9 Å². The summed E-state index contributed by atoms with van der Waals surface area (Å²) in [5.74, 6) is 0.378. The lowest BCUT2D eigenvalue weighted by molar-refractivity contribution is -0.133. The molecular formula is C16H21N5O2. The number of amides is 1. The van der Waals surface area contributed by atoms with Crippen molar-refractivity contribution in [3.63, 3.8) is 0 Å². The van der Waals surface area contributed by atoms with E-state index < -0.39 is 0 Å². The lowest BCUT2D eigenvalue weighted by atomic mass is 9.98. The first-order chi connectivity index (χ1) is 11.1. The Morgan fingerprint density at radius 2 is 2.30 bits per heavy atom. The van der Waals surface area contributed by atoms with E-state index in [0.29, 0.717) is 12.5 Å². The fourth-order valence-electron chi connectivity index (χ4n) is 3.02. The Kier molecular flexibility index (Phi) is 4.55. The fourth-order valence-corrected chi connectivity index (χ4v) is 3.02. The molecule has 0 spiro atoms. The Bertz CT molecular complexity index is 722. The molecule has 2 aromatic rings. The van der Waals surface area contributed by atoms with Crippen molar-refractivity contribution in [3.8, 4) is 0 Å². The minimum Gasteiger partial charge on any atom is -0.341 e. The molecule has 0 bridgehead atoms. The molecule has 1 saturated heterocycles. The monoisotopic (exact) mass is 315 g/mol. The molecule has 7 heteroatoms. The molecule has 1 atom stereocenters. The molecule has 2 aromatic heterocycles. The van der Waals surface area contributed by atoms with Crippen LogP contribution in [-0.2, 0) is 17.9 Å². The topological polar surface area (TPSA) is 73.0 Å². The number of aromatic nitrogens is 4. The van der Waals surface area contributed by atoms with Gasteiger partial charge < -0.3 is 9.47 Å². The quantitative estimate of drug-likeness (QED) is 0.832. The molecule has 0 saturated carbocycles. The third-order valence-electron chi connectivity index (χ3n) is 4.24. The van der Waals surface area contributed by atoms with Crippen molar-refractivity contribution in [3.05, 3.63) is 46.9 Å². The standard InChI is InChI=1S/C16H21N5O2/c1-13-4-6-20(15(22)7-13)10-16(23)19-5-2-3-14(8-19)9-21-12-17-11-18-21/h4,6-7,11-12,14H,2-3,5,8-10H2,1H3/t14-/m0/s1. The second kappa shape index (κ2) is 6.76. The lowest BCUT2D eigenvalue weighted by Crippen LogP contribution is -2.43. The molecule has 3 rings (SSSR count). The zero-order valence-electron chi connectivity index (χ0n) is 13.3. The van der Waals surface area contributed by atoms with Gasteiger partial charge in [-0.1, -0.05) is 0 Å². The number of likely N-dealkylation sites (tertiary alicyclic amines) is 1. The third-order valence-corrected chi connectivity index (χ3v) is 4.24. The average Bonchev–Trinajstić information content (AvgIpc) is 3.03. The van der Waals surface area contributed by atoms with Crippen LogP contribution < -0.4 is 5.56 Å². The maximum Gasteiger partial charge on any atom is 0.251 e. The SMILES string of the molecule is Cc1ccn(CC(=O)N2CCC[C@H](Cn3cncn3)C2)c(=O)c1.